The summed E-state index contributed by atoms with van der Waals surface area (Å²) in [6.45, 7) is 5.30. The first kappa shape index (κ1) is 12.7. The fraction of sp³-hybridized carbons (Fsp3) is 0.538. The molecule has 1 saturated carbocycles. The van der Waals surface area contributed by atoms with Gasteiger partial charge in [0.25, 0.3) is 5.69 Å². The third-order valence-electron chi connectivity index (χ3n) is 3.09. The maximum atomic E-state index is 10.7. The van der Waals surface area contributed by atoms with E-state index in [1.165, 1.54) is 18.9 Å². The molecule has 0 atom stereocenters. The predicted octanol–water partition coefficient (Wildman–Crippen LogP) is 2.80. The van der Waals surface area contributed by atoms with E-state index in [2.05, 4.69) is 18.7 Å². The van der Waals surface area contributed by atoms with Crippen molar-refractivity contribution in [3.8, 4) is 0 Å². The highest BCUT2D eigenvalue weighted by Crippen LogP contribution is 2.35. The highest BCUT2D eigenvalue weighted by atomic mass is 16.6. The molecule has 1 aliphatic rings. The summed E-state index contributed by atoms with van der Waals surface area (Å²) in [6.07, 6.45) is 2.40. The lowest BCUT2D eigenvalue weighted by atomic mass is 10.1. The zero-order valence-corrected chi connectivity index (χ0v) is 10.8. The van der Waals surface area contributed by atoms with Crippen molar-refractivity contribution >= 4 is 17.1 Å². The first-order valence-corrected chi connectivity index (χ1v) is 6.29. The van der Waals surface area contributed by atoms with Gasteiger partial charge in [-0.25, -0.2) is 0 Å². The van der Waals surface area contributed by atoms with E-state index in [9.17, 15) is 10.1 Å². The third kappa shape index (κ3) is 2.72. The molecule has 1 fully saturated rings. The van der Waals surface area contributed by atoms with Gasteiger partial charge in [0.05, 0.1) is 4.92 Å². The maximum absolute atomic E-state index is 10.7. The van der Waals surface area contributed by atoms with Gasteiger partial charge in [-0.1, -0.05) is 13.8 Å². The topological polar surface area (TPSA) is 72.4 Å². The van der Waals surface area contributed by atoms with Crippen LogP contribution in [0.1, 0.15) is 26.7 Å². The van der Waals surface area contributed by atoms with Gasteiger partial charge in [0.15, 0.2) is 0 Å². The molecule has 0 aliphatic heterocycles. The molecular weight excluding hydrogens is 230 g/mol. The predicted molar refractivity (Wildman–Crippen MR) is 72.7 cm³/mol. The van der Waals surface area contributed by atoms with Crippen molar-refractivity contribution in [1.29, 1.82) is 0 Å². The lowest BCUT2D eigenvalue weighted by Gasteiger charge is -2.26. The van der Waals surface area contributed by atoms with E-state index in [4.69, 9.17) is 5.73 Å². The first-order valence-electron chi connectivity index (χ1n) is 6.29. The molecule has 2 N–H and O–H groups in total. The van der Waals surface area contributed by atoms with E-state index in [0.29, 0.717) is 12.0 Å². The first-order chi connectivity index (χ1) is 8.49. The van der Waals surface area contributed by atoms with Gasteiger partial charge in [-0.05, 0) is 30.9 Å². The maximum Gasteiger partial charge on any atom is 0.292 e. The summed E-state index contributed by atoms with van der Waals surface area (Å²) in [5.41, 5.74) is 6.97. The van der Waals surface area contributed by atoms with Crippen LogP contribution in [0.2, 0.25) is 0 Å². The molecule has 0 saturated heterocycles. The molecular formula is C13H19N3O2. The Labute approximate surface area is 107 Å². The van der Waals surface area contributed by atoms with Gasteiger partial charge in [-0.3, -0.25) is 10.1 Å². The second-order valence-electron chi connectivity index (χ2n) is 5.28. The summed E-state index contributed by atoms with van der Waals surface area (Å²) in [4.78, 5) is 12.6. The number of nitro groups is 1. The van der Waals surface area contributed by atoms with Gasteiger partial charge in [0.2, 0.25) is 0 Å². The van der Waals surface area contributed by atoms with Crippen LogP contribution in [-0.4, -0.2) is 17.5 Å². The second-order valence-corrected chi connectivity index (χ2v) is 5.28. The Bertz CT molecular complexity index is 456. The summed E-state index contributed by atoms with van der Waals surface area (Å²) in [5.74, 6) is 0.557. The fourth-order valence-electron chi connectivity index (χ4n) is 2.13. The Balaban J connectivity index is 2.25. The van der Waals surface area contributed by atoms with Gasteiger partial charge in [-0.2, -0.15) is 0 Å². The summed E-state index contributed by atoms with van der Waals surface area (Å²) in [6, 6.07) is 5.60. The summed E-state index contributed by atoms with van der Waals surface area (Å²) >= 11 is 0. The van der Waals surface area contributed by atoms with Crippen LogP contribution >= 0.6 is 0 Å². The number of benzene rings is 1. The fourth-order valence-corrected chi connectivity index (χ4v) is 2.13. The smallest absolute Gasteiger partial charge is 0.292 e. The molecule has 2 rings (SSSR count). The van der Waals surface area contributed by atoms with E-state index >= 15 is 0 Å². The average molecular weight is 249 g/mol. The number of nitrogens with two attached hydrogens (primary N) is 1. The van der Waals surface area contributed by atoms with E-state index < -0.39 is 4.92 Å². The Kier molecular flexibility index (Phi) is 3.41. The van der Waals surface area contributed by atoms with Crippen molar-refractivity contribution in [2.75, 3.05) is 17.2 Å². The monoisotopic (exact) mass is 249 g/mol. The van der Waals surface area contributed by atoms with Gasteiger partial charge in [0, 0.05) is 24.3 Å². The summed E-state index contributed by atoms with van der Waals surface area (Å²) in [5, 5.41) is 10.7. The molecule has 0 amide bonds. The van der Waals surface area contributed by atoms with E-state index in [1.54, 1.807) is 12.1 Å². The Morgan fingerprint density at radius 1 is 1.50 bits per heavy atom. The minimum Gasteiger partial charge on any atom is -0.393 e. The minimum atomic E-state index is -0.441. The highest BCUT2D eigenvalue weighted by molar-refractivity contribution is 5.67. The quantitative estimate of drug-likeness (QED) is 0.494. The molecule has 0 radical (unpaired) electrons. The number of anilines is 2. The molecule has 1 aromatic carbocycles. The molecule has 1 aromatic rings. The van der Waals surface area contributed by atoms with Crippen LogP contribution in [0.25, 0.3) is 0 Å². The standard InChI is InChI=1S/C13H19N3O2/c1-9(2)8-15(10-3-4-10)11-5-6-13(16(17)18)12(14)7-11/h5-7,9-10H,3-4,8,14H2,1-2H3. The Morgan fingerprint density at radius 3 is 2.61 bits per heavy atom. The zero-order valence-electron chi connectivity index (χ0n) is 10.8. The lowest BCUT2D eigenvalue weighted by molar-refractivity contribution is -0.383. The molecule has 0 aromatic heterocycles. The summed E-state index contributed by atoms with van der Waals surface area (Å²) in [7, 11) is 0. The normalized spacial score (nSPS) is 14.8. The van der Waals surface area contributed by atoms with Crippen LogP contribution in [-0.2, 0) is 0 Å². The van der Waals surface area contributed by atoms with Gasteiger partial charge in [0.1, 0.15) is 5.69 Å². The molecule has 0 bridgehead atoms. The van der Waals surface area contributed by atoms with Gasteiger partial charge < -0.3 is 10.6 Å². The number of nitro benzene ring substituents is 1. The second kappa shape index (κ2) is 4.84. The SMILES string of the molecule is CC(C)CN(c1ccc([N+](=O)[O-])c(N)c1)C1CC1. The molecule has 0 unspecified atom stereocenters. The largest absolute Gasteiger partial charge is 0.393 e. The van der Waals surface area contributed by atoms with Crippen molar-refractivity contribution in [2.24, 2.45) is 5.92 Å². The van der Waals surface area contributed by atoms with Crippen molar-refractivity contribution in [3.05, 3.63) is 28.3 Å². The van der Waals surface area contributed by atoms with Crippen LogP contribution in [0.3, 0.4) is 0 Å². The Morgan fingerprint density at radius 2 is 2.17 bits per heavy atom. The third-order valence-corrected chi connectivity index (χ3v) is 3.09. The van der Waals surface area contributed by atoms with Crippen molar-refractivity contribution in [1.82, 2.24) is 0 Å². The van der Waals surface area contributed by atoms with Crippen LogP contribution in [0.4, 0.5) is 17.1 Å². The molecule has 5 nitrogen and oxygen atoms in total. The molecule has 1 aliphatic carbocycles. The van der Waals surface area contributed by atoms with Crippen LogP contribution in [0, 0.1) is 16.0 Å². The van der Waals surface area contributed by atoms with E-state index in [-0.39, 0.29) is 11.4 Å². The number of nitrogen functional groups attached to an aromatic ring is 1. The Hall–Kier alpha value is -1.78. The minimum absolute atomic E-state index is 0.0148. The number of nitrogens with zero attached hydrogens (tertiary/aromatic N) is 2. The van der Waals surface area contributed by atoms with Gasteiger partial charge in [-0.15, -0.1) is 0 Å². The van der Waals surface area contributed by atoms with Gasteiger partial charge >= 0.3 is 0 Å². The molecule has 0 spiro atoms. The van der Waals surface area contributed by atoms with Crippen LogP contribution in [0.15, 0.2) is 18.2 Å². The molecule has 18 heavy (non-hydrogen) atoms. The van der Waals surface area contributed by atoms with Crippen molar-refractivity contribution in [2.45, 2.75) is 32.7 Å². The number of hydrogen-bond donors (Lipinski definition) is 1. The van der Waals surface area contributed by atoms with Crippen LogP contribution in [0.5, 0.6) is 0 Å². The van der Waals surface area contributed by atoms with E-state index in [0.717, 1.165) is 12.2 Å². The van der Waals surface area contributed by atoms with Crippen molar-refractivity contribution < 1.29 is 4.92 Å². The lowest BCUT2D eigenvalue weighted by Crippen LogP contribution is -2.29. The van der Waals surface area contributed by atoms with E-state index in [1.807, 2.05) is 0 Å². The van der Waals surface area contributed by atoms with Crippen molar-refractivity contribution in [3.63, 3.8) is 0 Å². The number of rotatable bonds is 5. The molecule has 98 valence electrons. The average Bonchev–Trinajstić information content (AvgIpc) is 3.08. The summed E-state index contributed by atoms with van der Waals surface area (Å²) < 4.78 is 0. The molecule has 5 heteroatoms. The molecule has 0 heterocycles. The zero-order chi connectivity index (χ0) is 13.3. The van der Waals surface area contributed by atoms with Crippen LogP contribution < -0.4 is 10.6 Å². The highest BCUT2D eigenvalue weighted by Gasteiger charge is 2.30. The number of hydrogen-bond acceptors (Lipinski definition) is 4.